The number of thiophene rings is 1. The van der Waals surface area contributed by atoms with Gasteiger partial charge in [0, 0.05) is 17.6 Å². The van der Waals surface area contributed by atoms with Crippen molar-refractivity contribution in [2.45, 2.75) is 40.5 Å². The molecule has 1 fully saturated rings. The number of nitrogens with one attached hydrogen (secondary N) is 1. The predicted molar refractivity (Wildman–Crippen MR) is 130 cm³/mol. The zero-order valence-corrected chi connectivity index (χ0v) is 21.3. The molecule has 190 valence electrons. The van der Waals surface area contributed by atoms with Gasteiger partial charge in [-0.1, -0.05) is 6.07 Å². The van der Waals surface area contributed by atoms with Crippen LogP contribution in [-0.2, 0) is 21.4 Å². The number of aromatic nitrogens is 1. The van der Waals surface area contributed by atoms with E-state index in [1.807, 2.05) is 0 Å². The van der Waals surface area contributed by atoms with Crippen molar-refractivity contribution in [3.8, 4) is 0 Å². The van der Waals surface area contributed by atoms with E-state index in [4.69, 9.17) is 0 Å². The van der Waals surface area contributed by atoms with E-state index in [-0.39, 0.29) is 38.9 Å². The highest BCUT2D eigenvalue weighted by Gasteiger charge is 2.51. The summed E-state index contributed by atoms with van der Waals surface area (Å²) in [6.07, 6.45) is 1.38. The van der Waals surface area contributed by atoms with Gasteiger partial charge in [0.15, 0.2) is 0 Å². The minimum absolute atomic E-state index is 0.0354. The predicted octanol–water partition coefficient (Wildman–Crippen LogP) is 5.30. The van der Waals surface area contributed by atoms with E-state index in [2.05, 4.69) is 9.71 Å². The van der Waals surface area contributed by atoms with Crippen molar-refractivity contribution in [1.82, 2.24) is 9.88 Å². The molecule has 14 heteroatoms. The average Bonchev–Trinajstić information content (AvgIpc) is 3.38. The normalized spacial score (nSPS) is 16.0. The van der Waals surface area contributed by atoms with Crippen LogP contribution in [0.25, 0.3) is 0 Å². The first-order valence-corrected chi connectivity index (χ1v) is 13.5. The molecule has 3 heterocycles. The molecule has 36 heavy (non-hydrogen) atoms. The quantitative estimate of drug-likeness (QED) is 0.313. The Morgan fingerprint density at radius 1 is 1.11 bits per heavy atom. The molecule has 4 rings (SSSR count). The number of benzene rings is 1. The summed E-state index contributed by atoms with van der Waals surface area (Å²) in [5.41, 5.74) is -5.06. The van der Waals surface area contributed by atoms with Gasteiger partial charge in [-0.2, -0.15) is 13.2 Å². The molecule has 0 bridgehead atoms. The largest absolute Gasteiger partial charge is 0.446 e. The number of anilines is 2. The molecule has 0 saturated carbocycles. The summed E-state index contributed by atoms with van der Waals surface area (Å²) >= 11 is 0.757. The van der Waals surface area contributed by atoms with Crippen LogP contribution in [0.15, 0.2) is 69.2 Å². The fraction of sp³-hybridized carbons (Fsp3) is 0.227. The highest BCUT2D eigenvalue weighted by Crippen LogP contribution is 2.39. The van der Waals surface area contributed by atoms with Crippen molar-refractivity contribution in [2.24, 2.45) is 0 Å². The number of hydrogen-bond acceptors (Lipinski definition) is 7. The van der Waals surface area contributed by atoms with Gasteiger partial charge in [0.1, 0.15) is 15.6 Å². The number of alkyl halides is 3. The van der Waals surface area contributed by atoms with E-state index >= 15 is 0 Å². The molecule has 2 aromatic heterocycles. The van der Waals surface area contributed by atoms with Crippen molar-refractivity contribution in [1.29, 1.82) is 0 Å². The molecular weight excluding hydrogens is 537 g/mol. The van der Waals surface area contributed by atoms with Gasteiger partial charge >= 0.3 is 11.5 Å². The second-order valence-electron chi connectivity index (χ2n) is 8.20. The molecule has 3 aromatic rings. The number of hydrogen-bond donors (Lipinski definition) is 1. The number of nitrogens with zero attached hydrogens (tertiary/aromatic N) is 3. The molecule has 1 aliphatic rings. The Labute approximate surface area is 213 Å². The van der Waals surface area contributed by atoms with Gasteiger partial charge in [0.25, 0.3) is 15.9 Å². The van der Waals surface area contributed by atoms with Crippen LogP contribution in [0.5, 0.6) is 0 Å². The number of sulfonamides is 1. The molecule has 1 aliphatic heterocycles. The van der Waals surface area contributed by atoms with Gasteiger partial charge in [-0.3, -0.25) is 9.52 Å². The SMILES string of the molecule is CC1(C)C(=O)N(c2ccc(SC(F)(F)F)cc2)C(=O)N1Cc1ccnc(NS(=O)(=O)c2cccs2)c1. The van der Waals surface area contributed by atoms with Gasteiger partial charge in [-0.25, -0.2) is 23.1 Å². The summed E-state index contributed by atoms with van der Waals surface area (Å²) in [6, 6.07) is 10.4. The van der Waals surface area contributed by atoms with E-state index < -0.39 is 33.0 Å². The maximum Gasteiger partial charge on any atom is 0.446 e. The topological polar surface area (TPSA) is 99.7 Å². The number of urea groups is 1. The van der Waals surface area contributed by atoms with Crippen LogP contribution in [0, 0.1) is 0 Å². The molecule has 1 saturated heterocycles. The molecule has 8 nitrogen and oxygen atoms in total. The zero-order chi connectivity index (χ0) is 26.3. The third-order valence-electron chi connectivity index (χ3n) is 5.32. The number of imide groups is 1. The first-order chi connectivity index (χ1) is 16.8. The Kier molecular flexibility index (Phi) is 6.79. The summed E-state index contributed by atoms with van der Waals surface area (Å²) in [5, 5.41) is 1.63. The Hall–Kier alpha value is -3.10. The van der Waals surface area contributed by atoms with Gasteiger partial charge in [-0.05, 0) is 79.0 Å². The number of halogens is 3. The Bertz CT molecular complexity index is 1390. The zero-order valence-electron chi connectivity index (χ0n) is 18.8. The number of rotatable bonds is 7. The third kappa shape index (κ3) is 5.34. The van der Waals surface area contributed by atoms with Gasteiger partial charge in [0.2, 0.25) is 0 Å². The number of thioether (sulfide) groups is 1. The highest BCUT2D eigenvalue weighted by atomic mass is 32.2. The second-order valence-corrected chi connectivity index (χ2v) is 12.2. The molecule has 0 spiro atoms. The molecule has 0 atom stereocenters. The van der Waals surface area contributed by atoms with Crippen molar-refractivity contribution in [3.63, 3.8) is 0 Å². The van der Waals surface area contributed by atoms with Crippen LogP contribution in [0.1, 0.15) is 19.4 Å². The third-order valence-corrected chi connectivity index (χ3v) is 8.81. The molecule has 0 unspecified atom stereocenters. The van der Waals surface area contributed by atoms with Crippen molar-refractivity contribution < 1.29 is 31.2 Å². The molecule has 1 N–H and O–H groups in total. The minimum Gasteiger partial charge on any atom is -0.305 e. The number of pyridine rings is 1. The lowest BCUT2D eigenvalue weighted by Gasteiger charge is -2.27. The summed E-state index contributed by atoms with van der Waals surface area (Å²) in [6.45, 7) is 3.08. The van der Waals surface area contributed by atoms with Crippen LogP contribution in [0.2, 0.25) is 0 Å². The van der Waals surface area contributed by atoms with Crippen molar-refractivity contribution in [3.05, 3.63) is 65.7 Å². The van der Waals surface area contributed by atoms with Crippen LogP contribution in [0.4, 0.5) is 29.5 Å². The Morgan fingerprint density at radius 3 is 2.42 bits per heavy atom. The monoisotopic (exact) mass is 556 g/mol. The fourth-order valence-electron chi connectivity index (χ4n) is 3.54. The summed E-state index contributed by atoms with van der Waals surface area (Å²) < 4.78 is 65.3. The van der Waals surface area contributed by atoms with E-state index in [1.165, 1.54) is 47.5 Å². The van der Waals surface area contributed by atoms with E-state index in [0.29, 0.717) is 5.56 Å². The van der Waals surface area contributed by atoms with E-state index in [9.17, 15) is 31.2 Å². The molecular formula is C22H19F3N4O4S3. The van der Waals surface area contributed by atoms with Crippen LogP contribution in [0.3, 0.4) is 0 Å². The van der Waals surface area contributed by atoms with Crippen molar-refractivity contribution in [2.75, 3.05) is 9.62 Å². The van der Waals surface area contributed by atoms with Crippen LogP contribution < -0.4 is 9.62 Å². The number of amides is 3. The molecule has 0 radical (unpaired) electrons. The van der Waals surface area contributed by atoms with Crippen LogP contribution in [-0.4, -0.2) is 41.3 Å². The number of carbonyl (C=O) groups excluding carboxylic acids is 2. The molecule has 3 amide bonds. The Morgan fingerprint density at radius 2 is 1.81 bits per heavy atom. The molecule has 0 aliphatic carbocycles. The lowest BCUT2D eigenvalue weighted by Crippen LogP contribution is -2.43. The maximum absolute atomic E-state index is 13.2. The highest BCUT2D eigenvalue weighted by molar-refractivity contribution is 8.00. The van der Waals surface area contributed by atoms with Crippen LogP contribution >= 0.6 is 23.1 Å². The van der Waals surface area contributed by atoms with Gasteiger partial charge in [-0.15, -0.1) is 11.3 Å². The van der Waals surface area contributed by atoms with E-state index in [1.54, 1.807) is 31.4 Å². The summed E-state index contributed by atoms with van der Waals surface area (Å²) in [5.74, 6) is -0.498. The standard InChI is InChI=1S/C22H19F3N4O4S3/c1-21(2)19(30)29(15-5-7-16(8-6-15)35-22(23,24)25)20(31)28(21)13-14-9-10-26-17(12-14)27-36(32,33)18-4-3-11-34-18/h3-12H,13H2,1-2H3,(H,26,27). The maximum atomic E-state index is 13.2. The van der Waals surface area contributed by atoms with Crippen molar-refractivity contribution >= 4 is 56.6 Å². The lowest BCUT2D eigenvalue weighted by molar-refractivity contribution is -0.123. The number of carbonyl (C=O) groups is 2. The minimum atomic E-state index is -4.46. The van der Waals surface area contributed by atoms with Gasteiger partial charge < -0.3 is 4.90 Å². The first-order valence-electron chi connectivity index (χ1n) is 10.3. The smallest absolute Gasteiger partial charge is 0.305 e. The lowest BCUT2D eigenvalue weighted by atomic mass is 10.0. The fourth-order valence-corrected chi connectivity index (χ4v) is 6.07. The molecule has 1 aromatic carbocycles. The Balaban J connectivity index is 1.55. The summed E-state index contributed by atoms with van der Waals surface area (Å²) in [4.78, 5) is 32.5. The second kappa shape index (κ2) is 9.41. The van der Waals surface area contributed by atoms with Gasteiger partial charge in [0.05, 0.1) is 5.69 Å². The summed E-state index contributed by atoms with van der Waals surface area (Å²) in [7, 11) is -3.83. The van der Waals surface area contributed by atoms with E-state index in [0.717, 1.165) is 16.2 Å². The average molecular weight is 557 g/mol. The first kappa shape index (κ1) is 26.0.